The summed E-state index contributed by atoms with van der Waals surface area (Å²) in [6.07, 6.45) is -5.25. The van der Waals surface area contributed by atoms with Crippen molar-refractivity contribution in [1.82, 2.24) is 9.55 Å². The van der Waals surface area contributed by atoms with Gasteiger partial charge in [0.05, 0.1) is 6.61 Å². The molecule has 142 valence electrons. The van der Waals surface area contributed by atoms with Gasteiger partial charge >= 0.3 is 21.3 Å². The number of aliphatic hydroxyl groups is 2. The van der Waals surface area contributed by atoms with Crippen molar-refractivity contribution in [2.45, 2.75) is 24.5 Å². The second-order valence-corrected chi connectivity index (χ2v) is 7.73. The Hall–Kier alpha value is -1.18. The van der Waals surface area contributed by atoms with Gasteiger partial charge in [-0.25, -0.2) is 13.9 Å². The molecule has 1 aliphatic heterocycles. The Labute approximate surface area is 138 Å². The van der Waals surface area contributed by atoms with E-state index in [-0.39, 0.29) is 0 Å². The lowest BCUT2D eigenvalue weighted by molar-refractivity contribution is -0.0542. The maximum Gasteiger partial charge on any atom is 0.481 e. The molecule has 2 heterocycles. The van der Waals surface area contributed by atoms with Crippen LogP contribution in [0.3, 0.4) is 0 Å². The molecule has 6 N–H and O–H groups in total. The number of aromatic nitrogens is 2. The summed E-state index contributed by atoms with van der Waals surface area (Å²) in [6, 6.07) is 0.962. The van der Waals surface area contributed by atoms with E-state index in [4.69, 9.17) is 19.4 Å². The Morgan fingerprint density at radius 1 is 1.20 bits per heavy atom. The predicted octanol–water partition coefficient (Wildman–Crippen LogP) is -2.62. The van der Waals surface area contributed by atoms with E-state index >= 15 is 0 Å². The molecule has 0 spiro atoms. The van der Waals surface area contributed by atoms with E-state index in [0.29, 0.717) is 0 Å². The van der Waals surface area contributed by atoms with Crippen LogP contribution in [0.2, 0.25) is 0 Å². The van der Waals surface area contributed by atoms with Crippen LogP contribution < -0.4 is 11.2 Å². The molecule has 0 aromatic carbocycles. The number of rotatable bonds is 6. The Kier molecular flexibility index (Phi) is 5.81. The minimum atomic E-state index is -5.32. The summed E-state index contributed by atoms with van der Waals surface area (Å²) in [5.41, 5.74) is -1.65. The largest absolute Gasteiger partial charge is 0.481 e. The summed E-state index contributed by atoms with van der Waals surface area (Å²) in [7, 11) is -10.5. The molecular formula is C9H14N2O12P2. The van der Waals surface area contributed by atoms with Gasteiger partial charge in [-0.3, -0.25) is 18.9 Å². The fourth-order valence-corrected chi connectivity index (χ4v) is 3.65. The van der Waals surface area contributed by atoms with Crippen LogP contribution in [0.5, 0.6) is 0 Å². The average molecular weight is 404 g/mol. The number of nitrogens with one attached hydrogen (secondary N) is 1. The van der Waals surface area contributed by atoms with Gasteiger partial charge in [0.25, 0.3) is 5.56 Å². The van der Waals surface area contributed by atoms with Crippen LogP contribution in [0.25, 0.3) is 0 Å². The monoisotopic (exact) mass is 404 g/mol. The number of ether oxygens (including phenoxy) is 1. The van der Waals surface area contributed by atoms with Crippen LogP contribution in [-0.4, -0.2) is 59.4 Å². The van der Waals surface area contributed by atoms with Gasteiger partial charge in [-0.15, -0.1) is 0 Å². The number of aliphatic hydroxyl groups excluding tert-OH is 2. The number of H-pyrrole nitrogens is 1. The topological polar surface area (TPSA) is 218 Å². The van der Waals surface area contributed by atoms with E-state index in [9.17, 15) is 28.9 Å². The van der Waals surface area contributed by atoms with Crippen molar-refractivity contribution in [3.05, 3.63) is 33.1 Å². The highest BCUT2D eigenvalue weighted by atomic mass is 31.3. The van der Waals surface area contributed by atoms with E-state index < -0.39 is 58.0 Å². The first-order chi connectivity index (χ1) is 11.4. The van der Waals surface area contributed by atoms with Gasteiger partial charge in [-0.2, -0.15) is 4.31 Å². The zero-order valence-electron chi connectivity index (χ0n) is 12.1. The van der Waals surface area contributed by atoms with Gasteiger partial charge < -0.3 is 29.6 Å². The van der Waals surface area contributed by atoms with Crippen LogP contribution in [0.1, 0.15) is 6.23 Å². The van der Waals surface area contributed by atoms with Crippen molar-refractivity contribution >= 4 is 15.6 Å². The summed E-state index contributed by atoms with van der Waals surface area (Å²) in [6.45, 7) is -0.902. The van der Waals surface area contributed by atoms with Crippen molar-refractivity contribution in [1.29, 1.82) is 0 Å². The lowest BCUT2D eigenvalue weighted by Crippen LogP contribution is -2.37. The number of hydrogen-bond acceptors (Lipinski definition) is 9. The average Bonchev–Trinajstić information content (AvgIpc) is 2.71. The molecule has 0 radical (unpaired) electrons. The van der Waals surface area contributed by atoms with Gasteiger partial charge in [0, 0.05) is 12.3 Å². The third-order valence-corrected chi connectivity index (χ3v) is 5.23. The number of aromatic amines is 1. The fourth-order valence-electron chi connectivity index (χ4n) is 2.05. The van der Waals surface area contributed by atoms with Crippen LogP contribution in [0, 0.1) is 0 Å². The molecule has 0 saturated carbocycles. The van der Waals surface area contributed by atoms with Crippen LogP contribution in [0.4, 0.5) is 0 Å². The molecule has 25 heavy (non-hydrogen) atoms. The molecule has 1 fully saturated rings. The highest BCUT2D eigenvalue weighted by Crippen LogP contribution is 2.57. The SMILES string of the molecule is O=c1ccn([C@@H]2O[C@H](COP(=O)(O)OP(=O)(O)O)[C@H](O)C2O)c(=O)[nH]1. The van der Waals surface area contributed by atoms with E-state index in [1.165, 1.54) is 0 Å². The number of nitrogens with zero attached hydrogens (tertiary/aromatic N) is 1. The molecular weight excluding hydrogens is 390 g/mol. The molecule has 1 saturated heterocycles. The Balaban J connectivity index is 2.09. The van der Waals surface area contributed by atoms with Gasteiger partial charge in [-0.05, 0) is 0 Å². The normalized spacial score (nSPS) is 29.5. The smallest absolute Gasteiger partial charge is 0.387 e. The van der Waals surface area contributed by atoms with Crippen molar-refractivity contribution in [3.8, 4) is 0 Å². The van der Waals surface area contributed by atoms with Crippen molar-refractivity contribution in [2.75, 3.05) is 6.61 Å². The molecule has 2 unspecified atom stereocenters. The fraction of sp³-hybridized carbons (Fsp3) is 0.556. The number of hydrogen-bond donors (Lipinski definition) is 6. The molecule has 1 aromatic rings. The van der Waals surface area contributed by atoms with Crippen LogP contribution >= 0.6 is 15.6 Å². The van der Waals surface area contributed by atoms with E-state index in [0.717, 1.165) is 16.8 Å². The molecule has 1 aliphatic rings. The predicted molar refractivity (Wildman–Crippen MR) is 76.2 cm³/mol. The third kappa shape index (κ3) is 5.15. The van der Waals surface area contributed by atoms with Gasteiger partial charge in [0.15, 0.2) is 6.23 Å². The minimum Gasteiger partial charge on any atom is -0.387 e. The van der Waals surface area contributed by atoms with E-state index in [1.54, 1.807) is 0 Å². The highest BCUT2D eigenvalue weighted by Gasteiger charge is 2.45. The van der Waals surface area contributed by atoms with E-state index in [1.807, 2.05) is 4.98 Å². The van der Waals surface area contributed by atoms with Gasteiger partial charge in [0.2, 0.25) is 0 Å². The molecule has 0 bridgehead atoms. The maximum absolute atomic E-state index is 11.7. The molecule has 2 rings (SSSR count). The summed E-state index contributed by atoms with van der Waals surface area (Å²) in [4.78, 5) is 50.7. The molecule has 1 aromatic heterocycles. The lowest BCUT2D eigenvalue weighted by Gasteiger charge is -2.17. The second-order valence-electron chi connectivity index (χ2n) is 4.90. The lowest BCUT2D eigenvalue weighted by atomic mass is 10.1. The van der Waals surface area contributed by atoms with Crippen molar-refractivity contribution in [3.63, 3.8) is 0 Å². The molecule has 0 amide bonds. The number of phosphoric ester groups is 1. The first-order valence-corrected chi connectivity index (χ1v) is 9.49. The first-order valence-electron chi connectivity index (χ1n) is 6.47. The molecule has 0 aliphatic carbocycles. The molecule has 16 heteroatoms. The summed E-state index contributed by atoms with van der Waals surface area (Å²) < 4.78 is 35.6. The highest BCUT2D eigenvalue weighted by molar-refractivity contribution is 7.60. The summed E-state index contributed by atoms with van der Waals surface area (Å²) in [5, 5.41) is 19.8. The Bertz CT molecular complexity index is 828. The number of phosphoric acid groups is 2. The Morgan fingerprint density at radius 2 is 1.84 bits per heavy atom. The van der Waals surface area contributed by atoms with Crippen LogP contribution in [0.15, 0.2) is 21.9 Å². The quantitative estimate of drug-likeness (QED) is 0.269. The maximum atomic E-state index is 11.7. The standard InChI is InChI=1S/C9H14N2O12P2/c12-5-1-2-11(9(15)10-5)8-7(14)6(13)4(22-8)3-21-25(19,20)23-24(16,17)18/h1-2,4,6-8,13-14H,3H2,(H,19,20)(H,10,12,15)(H2,16,17,18)/t4-,6+,7?,8-/m1/s1. The van der Waals surface area contributed by atoms with Crippen molar-refractivity contribution < 1.29 is 47.6 Å². The molecule has 5 atom stereocenters. The third-order valence-electron chi connectivity index (χ3n) is 3.07. The zero-order chi connectivity index (χ0) is 19.0. The van der Waals surface area contributed by atoms with E-state index in [2.05, 4.69) is 8.83 Å². The molecule has 14 nitrogen and oxygen atoms in total. The Morgan fingerprint density at radius 3 is 2.40 bits per heavy atom. The van der Waals surface area contributed by atoms with Crippen LogP contribution in [-0.2, 0) is 22.7 Å². The van der Waals surface area contributed by atoms with Crippen molar-refractivity contribution in [2.24, 2.45) is 0 Å². The summed E-state index contributed by atoms with van der Waals surface area (Å²) in [5.74, 6) is 0. The van der Waals surface area contributed by atoms with Gasteiger partial charge in [-0.1, -0.05) is 0 Å². The minimum absolute atomic E-state index is 0.704. The summed E-state index contributed by atoms with van der Waals surface area (Å²) >= 11 is 0. The van der Waals surface area contributed by atoms with Gasteiger partial charge in [0.1, 0.15) is 18.3 Å². The first kappa shape index (κ1) is 20.1. The zero-order valence-corrected chi connectivity index (χ0v) is 13.9. The second kappa shape index (κ2) is 7.21.